The molecule has 0 saturated heterocycles. The van der Waals surface area contributed by atoms with E-state index in [1.165, 1.54) is 0 Å². The van der Waals surface area contributed by atoms with E-state index in [2.05, 4.69) is 0 Å². The molecule has 1 aliphatic carbocycles. The van der Waals surface area contributed by atoms with Crippen molar-refractivity contribution in [3.63, 3.8) is 0 Å². The van der Waals surface area contributed by atoms with Gasteiger partial charge >= 0.3 is 5.63 Å². The van der Waals surface area contributed by atoms with Crippen LogP contribution in [0.3, 0.4) is 0 Å². The number of rotatable bonds is 1. The summed E-state index contributed by atoms with van der Waals surface area (Å²) < 4.78 is 5.61. The standard InChI is InChI=1S/C19H16O3/c20-16-11-10-13(12-6-2-1-3-7-12)18-17(16)14-8-4-5-9-15(14)19(21)22-18/h1-3,6-7,10-11,20H,4-5,8-9H2. The van der Waals surface area contributed by atoms with Gasteiger partial charge in [0.2, 0.25) is 0 Å². The van der Waals surface area contributed by atoms with Gasteiger partial charge in [0, 0.05) is 11.1 Å². The number of hydrogen-bond acceptors (Lipinski definition) is 3. The first-order valence-electron chi connectivity index (χ1n) is 7.61. The van der Waals surface area contributed by atoms with Crippen LogP contribution in [-0.4, -0.2) is 5.11 Å². The fraction of sp³-hybridized carbons (Fsp3) is 0.211. The van der Waals surface area contributed by atoms with Crippen LogP contribution in [-0.2, 0) is 12.8 Å². The third kappa shape index (κ3) is 1.93. The summed E-state index contributed by atoms with van der Waals surface area (Å²) in [5, 5.41) is 11.0. The number of benzene rings is 2. The molecule has 110 valence electrons. The Morgan fingerprint density at radius 1 is 0.909 bits per heavy atom. The summed E-state index contributed by atoms with van der Waals surface area (Å²) in [4.78, 5) is 12.3. The minimum absolute atomic E-state index is 0.191. The zero-order valence-corrected chi connectivity index (χ0v) is 12.1. The van der Waals surface area contributed by atoms with Crippen molar-refractivity contribution in [2.75, 3.05) is 0 Å². The van der Waals surface area contributed by atoms with Crippen LogP contribution in [0.5, 0.6) is 5.75 Å². The Morgan fingerprint density at radius 2 is 1.64 bits per heavy atom. The van der Waals surface area contributed by atoms with Crippen LogP contribution in [0.1, 0.15) is 24.0 Å². The molecular weight excluding hydrogens is 276 g/mol. The first-order chi connectivity index (χ1) is 10.8. The van der Waals surface area contributed by atoms with Crippen molar-refractivity contribution in [3.8, 4) is 16.9 Å². The van der Waals surface area contributed by atoms with Crippen molar-refractivity contribution >= 4 is 11.0 Å². The second kappa shape index (κ2) is 5.02. The molecule has 3 nitrogen and oxygen atoms in total. The highest BCUT2D eigenvalue weighted by Crippen LogP contribution is 2.38. The van der Waals surface area contributed by atoms with Gasteiger partial charge in [0.05, 0.1) is 5.39 Å². The van der Waals surface area contributed by atoms with Gasteiger partial charge in [-0.25, -0.2) is 4.79 Å². The van der Waals surface area contributed by atoms with Crippen molar-refractivity contribution in [2.24, 2.45) is 0 Å². The molecule has 0 amide bonds. The van der Waals surface area contributed by atoms with Crippen LogP contribution < -0.4 is 5.63 Å². The van der Waals surface area contributed by atoms with Crippen molar-refractivity contribution < 1.29 is 9.52 Å². The highest BCUT2D eigenvalue weighted by Gasteiger charge is 2.22. The second-order valence-electron chi connectivity index (χ2n) is 5.76. The SMILES string of the molecule is O=c1oc2c(-c3ccccc3)ccc(O)c2c2c1CCCC2. The van der Waals surface area contributed by atoms with Crippen LogP contribution in [0.15, 0.2) is 51.7 Å². The number of hydrogen-bond donors (Lipinski definition) is 1. The summed E-state index contributed by atoms with van der Waals surface area (Å²) in [5.74, 6) is 0.191. The van der Waals surface area contributed by atoms with Crippen molar-refractivity contribution in [2.45, 2.75) is 25.7 Å². The molecule has 0 bridgehead atoms. The maximum absolute atomic E-state index is 12.3. The molecule has 0 spiro atoms. The zero-order valence-electron chi connectivity index (χ0n) is 12.1. The van der Waals surface area contributed by atoms with E-state index in [4.69, 9.17) is 4.42 Å². The summed E-state index contributed by atoms with van der Waals surface area (Å²) in [6, 6.07) is 13.3. The van der Waals surface area contributed by atoms with E-state index in [0.29, 0.717) is 11.0 Å². The lowest BCUT2D eigenvalue weighted by Crippen LogP contribution is -2.16. The van der Waals surface area contributed by atoms with Crippen LogP contribution in [0.4, 0.5) is 0 Å². The first-order valence-corrected chi connectivity index (χ1v) is 7.61. The Hall–Kier alpha value is -2.55. The van der Waals surface area contributed by atoms with E-state index >= 15 is 0 Å². The average molecular weight is 292 g/mol. The summed E-state index contributed by atoms with van der Waals surface area (Å²) in [7, 11) is 0. The van der Waals surface area contributed by atoms with Crippen molar-refractivity contribution in [1.82, 2.24) is 0 Å². The fourth-order valence-electron chi connectivity index (χ4n) is 3.38. The number of phenols is 1. The Morgan fingerprint density at radius 3 is 2.41 bits per heavy atom. The molecule has 1 N–H and O–H groups in total. The van der Waals surface area contributed by atoms with Gasteiger partial charge in [-0.05, 0) is 48.9 Å². The highest BCUT2D eigenvalue weighted by molar-refractivity contribution is 5.98. The molecule has 1 aromatic heterocycles. The maximum atomic E-state index is 12.3. The number of phenolic OH excluding ortho intramolecular Hbond substituents is 1. The molecule has 0 radical (unpaired) electrons. The smallest absolute Gasteiger partial charge is 0.339 e. The van der Waals surface area contributed by atoms with Crippen LogP contribution in [0, 0.1) is 0 Å². The lowest BCUT2D eigenvalue weighted by molar-refractivity contribution is 0.476. The van der Waals surface area contributed by atoms with Gasteiger partial charge in [-0.1, -0.05) is 30.3 Å². The number of fused-ring (bicyclic) bond motifs is 3. The average Bonchev–Trinajstić information content (AvgIpc) is 2.56. The maximum Gasteiger partial charge on any atom is 0.339 e. The van der Waals surface area contributed by atoms with E-state index in [0.717, 1.165) is 47.9 Å². The second-order valence-corrected chi connectivity index (χ2v) is 5.76. The summed E-state index contributed by atoms with van der Waals surface area (Å²) >= 11 is 0. The molecule has 3 aromatic rings. The van der Waals surface area contributed by atoms with Gasteiger partial charge in [0.1, 0.15) is 11.3 Å². The van der Waals surface area contributed by atoms with E-state index in [-0.39, 0.29) is 11.4 Å². The Balaban J connectivity index is 2.12. The fourth-order valence-corrected chi connectivity index (χ4v) is 3.38. The van der Waals surface area contributed by atoms with Gasteiger partial charge in [0.15, 0.2) is 0 Å². The highest BCUT2D eigenvalue weighted by atomic mass is 16.4. The molecule has 0 saturated carbocycles. The van der Waals surface area contributed by atoms with Gasteiger partial charge < -0.3 is 9.52 Å². The minimum atomic E-state index is -0.259. The van der Waals surface area contributed by atoms with E-state index < -0.39 is 0 Å². The Bertz CT molecular complexity index is 907. The monoisotopic (exact) mass is 292 g/mol. The first kappa shape index (κ1) is 13.1. The molecule has 0 unspecified atom stereocenters. The van der Waals surface area contributed by atoms with Gasteiger partial charge in [-0.15, -0.1) is 0 Å². The van der Waals surface area contributed by atoms with Crippen molar-refractivity contribution in [1.29, 1.82) is 0 Å². The Labute approximate surface area is 127 Å². The third-order valence-corrected chi connectivity index (χ3v) is 4.43. The zero-order chi connectivity index (χ0) is 15.1. The molecule has 0 aliphatic heterocycles. The van der Waals surface area contributed by atoms with Gasteiger partial charge in [0.25, 0.3) is 0 Å². The molecule has 3 heteroatoms. The van der Waals surface area contributed by atoms with E-state index in [1.54, 1.807) is 6.07 Å². The van der Waals surface area contributed by atoms with Crippen LogP contribution in [0.25, 0.3) is 22.1 Å². The molecule has 4 rings (SSSR count). The number of aromatic hydroxyl groups is 1. The topological polar surface area (TPSA) is 50.4 Å². The number of aryl methyl sites for hydroxylation is 1. The largest absolute Gasteiger partial charge is 0.507 e. The third-order valence-electron chi connectivity index (χ3n) is 4.43. The van der Waals surface area contributed by atoms with E-state index in [1.807, 2.05) is 36.4 Å². The quantitative estimate of drug-likeness (QED) is 0.688. The van der Waals surface area contributed by atoms with Gasteiger partial charge in [-0.3, -0.25) is 0 Å². The lowest BCUT2D eigenvalue weighted by Gasteiger charge is -2.18. The molecule has 1 aliphatic rings. The molecule has 1 heterocycles. The van der Waals surface area contributed by atoms with Gasteiger partial charge in [-0.2, -0.15) is 0 Å². The van der Waals surface area contributed by atoms with Crippen LogP contribution >= 0.6 is 0 Å². The Kier molecular flexibility index (Phi) is 3.00. The molecule has 0 atom stereocenters. The minimum Gasteiger partial charge on any atom is -0.507 e. The predicted octanol–water partition coefficient (Wildman–Crippen LogP) is 4.04. The van der Waals surface area contributed by atoms with Crippen LogP contribution in [0.2, 0.25) is 0 Å². The predicted molar refractivity (Wildman–Crippen MR) is 86.2 cm³/mol. The van der Waals surface area contributed by atoms with Crippen molar-refractivity contribution in [3.05, 3.63) is 64.0 Å². The summed E-state index contributed by atoms with van der Waals surface area (Å²) in [6.45, 7) is 0. The molecule has 2 aromatic carbocycles. The molecule has 22 heavy (non-hydrogen) atoms. The molecular formula is C19H16O3. The summed E-state index contributed by atoms with van der Waals surface area (Å²) in [5.41, 5.74) is 3.76. The van der Waals surface area contributed by atoms with E-state index in [9.17, 15) is 9.90 Å². The molecule has 0 fully saturated rings. The summed E-state index contributed by atoms with van der Waals surface area (Å²) in [6.07, 6.45) is 3.61. The normalized spacial score (nSPS) is 14.0. The lowest BCUT2D eigenvalue weighted by atomic mass is 9.89.